The summed E-state index contributed by atoms with van der Waals surface area (Å²) < 4.78 is 21.5. The quantitative estimate of drug-likeness (QED) is 0.404. The van der Waals surface area contributed by atoms with Gasteiger partial charge in [-0.3, -0.25) is 4.79 Å². The van der Waals surface area contributed by atoms with E-state index in [-0.39, 0.29) is 0 Å². The fourth-order valence-electron chi connectivity index (χ4n) is 3.15. The lowest BCUT2D eigenvalue weighted by Gasteiger charge is -2.19. The number of hydrogen-bond acceptors (Lipinski definition) is 7. The first-order valence-corrected chi connectivity index (χ1v) is 9.63. The molecule has 0 saturated heterocycles. The van der Waals surface area contributed by atoms with E-state index in [4.69, 9.17) is 18.3 Å². The number of carbonyl (C=O) groups excluding carboxylic acids is 2. The van der Waals surface area contributed by atoms with Crippen molar-refractivity contribution in [1.29, 1.82) is 0 Å². The first-order chi connectivity index (χ1) is 15.2. The predicted octanol–water partition coefficient (Wildman–Crippen LogP) is 3.97. The monoisotopic (exact) mass is 420 g/mol. The van der Waals surface area contributed by atoms with Gasteiger partial charge in [0.15, 0.2) is 6.61 Å². The van der Waals surface area contributed by atoms with Gasteiger partial charge in [0.05, 0.1) is 18.1 Å². The molecule has 158 valence electrons. The average Bonchev–Trinajstić information content (AvgIpc) is 3.56. The molecule has 1 atom stereocenters. The highest BCUT2D eigenvalue weighted by Crippen LogP contribution is 2.33. The standard InChI is InChI=1S/C23H20N2O6/c1-2-11-28-17-9-7-16(8-10-17)23(27)31-15-22(26)25-19(21-6-4-13-30-21)14-18(24-25)20-5-3-12-29-20/h2-10,12-13,19H,1,11,14-15H2/t19-/m0/s1. The molecule has 8 heteroatoms. The largest absolute Gasteiger partial charge is 0.490 e. The zero-order valence-corrected chi connectivity index (χ0v) is 16.6. The lowest BCUT2D eigenvalue weighted by Crippen LogP contribution is -2.31. The number of rotatable bonds is 8. The van der Waals surface area contributed by atoms with Gasteiger partial charge >= 0.3 is 5.97 Å². The van der Waals surface area contributed by atoms with E-state index >= 15 is 0 Å². The van der Waals surface area contributed by atoms with E-state index in [1.807, 2.05) is 0 Å². The Balaban J connectivity index is 1.42. The van der Waals surface area contributed by atoms with Gasteiger partial charge in [-0.25, -0.2) is 9.80 Å². The second kappa shape index (κ2) is 9.17. The van der Waals surface area contributed by atoms with Gasteiger partial charge in [-0.2, -0.15) is 5.10 Å². The first-order valence-electron chi connectivity index (χ1n) is 9.63. The number of hydrogen-bond donors (Lipinski definition) is 0. The Morgan fingerprint density at radius 1 is 1.13 bits per heavy atom. The molecule has 1 aliphatic rings. The van der Waals surface area contributed by atoms with E-state index < -0.39 is 24.5 Å². The van der Waals surface area contributed by atoms with Crippen molar-refractivity contribution in [2.45, 2.75) is 12.5 Å². The molecule has 2 aromatic heterocycles. The maximum Gasteiger partial charge on any atom is 0.338 e. The van der Waals surface area contributed by atoms with Crippen LogP contribution in [0.3, 0.4) is 0 Å². The Bertz CT molecular complexity index is 1070. The Kier molecular flexibility index (Phi) is 5.98. The van der Waals surface area contributed by atoms with Gasteiger partial charge in [0, 0.05) is 6.42 Å². The molecule has 0 saturated carbocycles. The topological polar surface area (TPSA) is 94.5 Å². The van der Waals surface area contributed by atoms with E-state index in [9.17, 15) is 9.59 Å². The number of hydrazone groups is 1. The van der Waals surface area contributed by atoms with Crippen LogP contribution >= 0.6 is 0 Å². The zero-order chi connectivity index (χ0) is 21.6. The van der Waals surface area contributed by atoms with Gasteiger partial charge in [-0.05, 0) is 48.5 Å². The second-order valence-electron chi connectivity index (χ2n) is 6.70. The molecule has 31 heavy (non-hydrogen) atoms. The van der Waals surface area contributed by atoms with Crippen LogP contribution in [0, 0.1) is 0 Å². The van der Waals surface area contributed by atoms with Gasteiger partial charge in [0.1, 0.15) is 35.6 Å². The minimum absolute atomic E-state index is 0.308. The van der Waals surface area contributed by atoms with Crippen LogP contribution in [0.15, 0.2) is 87.6 Å². The molecule has 0 bridgehead atoms. The summed E-state index contributed by atoms with van der Waals surface area (Å²) in [6.45, 7) is 3.49. The summed E-state index contributed by atoms with van der Waals surface area (Å²) in [6, 6.07) is 13.0. The number of furan rings is 2. The molecule has 3 heterocycles. The lowest BCUT2D eigenvalue weighted by molar-refractivity contribution is -0.136. The van der Waals surface area contributed by atoms with Crippen molar-refractivity contribution >= 4 is 17.6 Å². The first kappa shape index (κ1) is 20.2. The number of ether oxygens (including phenoxy) is 2. The number of nitrogens with zero attached hydrogens (tertiary/aromatic N) is 2. The van der Waals surface area contributed by atoms with Crippen molar-refractivity contribution in [2.75, 3.05) is 13.2 Å². The van der Waals surface area contributed by atoms with Crippen molar-refractivity contribution in [3.63, 3.8) is 0 Å². The van der Waals surface area contributed by atoms with Crippen LogP contribution in [0.4, 0.5) is 0 Å². The van der Waals surface area contributed by atoms with E-state index in [1.54, 1.807) is 60.9 Å². The predicted molar refractivity (Wildman–Crippen MR) is 111 cm³/mol. The van der Waals surface area contributed by atoms with Crippen molar-refractivity contribution in [3.05, 3.63) is 90.8 Å². The van der Waals surface area contributed by atoms with Gasteiger partial charge in [0.2, 0.25) is 0 Å². The highest BCUT2D eigenvalue weighted by molar-refractivity contribution is 6.01. The molecule has 1 aliphatic heterocycles. The molecule has 4 rings (SSSR count). The number of carbonyl (C=O) groups is 2. The molecule has 8 nitrogen and oxygen atoms in total. The van der Waals surface area contributed by atoms with Crippen LogP contribution in [0.1, 0.15) is 34.3 Å². The number of amides is 1. The summed E-state index contributed by atoms with van der Waals surface area (Å²) >= 11 is 0. The second-order valence-corrected chi connectivity index (χ2v) is 6.70. The highest BCUT2D eigenvalue weighted by atomic mass is 16.5. The SMILES string of the molecule is C=CCOc1ccc(C(=O)OCC(=O)N2N=C(c3ccco3)C[C@H]2c2ccco2)cc1. The van der Waals surface area contributed by atoms with Crippen molar-refractivity contribution in [2.24, 2.45) is 5.10 Å². The van der Waals surface area contributed by atoms with Gasteiger partial charge in [-0.1, -0.05) is 12.7 Å². The van der Waals surface area contributed by atoms with Crippen LogP contribution in [-0.4, -0.2) is 35.8 Å². The van der Waals surface area contributed by atoms with Crippen LogP contribution < -0.4 is 4.74 Å². The maximum atomic E-state index is 12.8. The van der Waals surface area contributed by atoms with E-state index in [2.05, 4.69) is 11.7 Å². The molecule has 0 radical (unpaired) electrons. The van der Waals surface area contributed by atoms with Gasteiger partial charge in [0.25, 0.3) is 5.91 Å². The maximum absolute atomic E-state index is 12.8. The summed E-state index contributed by atoms with van der Waals surface area (Å²) in [5.41, 5.74) is 0.920. The number of benzene rings is 1. The normalized spacial score (nSPS) is 15.4. The summed E-state index contributed by atoms with van der Waals surface area (Å²) in [6.07, 6.45) is 5.12. The molecule has 1 aromatic carbocycles. The smallest absolute Gasteiger partial charge is 0.338 e. The summed E-state index contributed by atoms with van der Waals surface area (Å²) in [7, 11) is 0. The molecule has 0 aliphatic carbocycles. The van der Waals surface area contributed by atoms with Gasteiger partial charge < -0.3 is 18.3 Å². The van der Waals surface area contributed by atoms with Crippen molar-refractivity contribution in [3.8, 4) is 5.75 Å². The van der Waals surface area contributed by atoms with Crippen LogP contribution in [0.2, 0.25) is 0 Å². The van der Waals surface area contributed by atoms with E-state index in [0.29, 0.717) is 41.6 Å². The number of esters is 1. The molecule has 0 fully saturated rings. The minimum atomic E-state index is -0.618. The molecular weight excluding hydrogens is 400 g/mol. The summed E-state index contributed by atoms with van der Waals surface area (Å²) in [5, 5.41) is 5.66. The fourth-order valence-corrected chi connectivity index (χ4v) is 3.15. The molecule has 3 aromatic rings. The zero-order valence-electron chi connectivity index (χ0n) is 16.6. The fraction of sp³-hybridized carbons (Fsp3) is 0.174. The van der Waals surface area contributed by atoms with Crippen LogP contribution in [-0.2, 0) is 9.53 Å². The van der Waals surface area contributed by atoms with Crippen LogP contribution in [0.25, 0.3) is 0 Å². The van der Waals surface area contributed by atoms with Crippen molar-refractivity contribution in [1.82, 2.24) is 5.01 Å². The molecule has 0 spiro atoms. The Hall–Kier alpha value is -4.07. The molecule has 1 amide bonds. The molecular formula is C23H20N2O6. The Labute approximate surface area is 178 Å². The third kappa shape index (κ3) is 4.58. The van der Waals surface area contributed by atoms with E-state index in [1.165, 1.54) is 11.3 Å². The Morgan fingerprint density at radius 3 is 2.58 bits per heavy atom. The third-order valence-corrected chi connectivity index (χ3v) is 4.63. The average molecular weight is 420 g/mol. The van der Waals surface area contributed by atoms with Gasteiger partial charge in [-0.15, -0.1) is 0 Å². The molecule has 0 unspecified atom stereocenters. The summed E-state index contributed by atoms with van der Waals surface area (Å²) in [4.78, 5) is 25.1. The van der Waals surface area contributed by atoms with Crippen LogP contribution in [0.5, 0.6) is 5.75 Å². The third-order valence-electron chi connectivity index (χ3n) is 4.63. The summed E-state index contributed by atoms with van der Waals surface area (Å²) in [5.74, 6) is 0.670. The van der Waals surface area contributed by atoms with E-state index in [0.717, 1.165) is 0 Å². The Morgan fingerprint density at radius 2 is 1.90 bits per heavy atom. The highest BCUT2D eigenvalue weighted by Gasteiger charge is 2.36. The minimum Gasteiger partial charge on any atom is -0.490 e. The molecule has 0 N–H and O–H groups in total. The van der Waals surface area contributed by atoms with Crippen molar-refractivity contribution < 1.29 is 27.9 Å². The lowest BCUT2D eigenvalue weighted by atomic mass is 10.1.